The van der Waals surface area contributed by atoms with Gasteiger partial charge in [-0.2, -0.15) is 26.3 Å². The highest BCUT2D eigenvalue weighted by Crippen LogP contribution is 2.46. The van der Waals surface area contributed by atoms with Crippen molar-refractivity contribution in [1.29, 1.82) is 0 Å². The van der Waals surface area contributed by atoms with E-state index in [2.05, 4.69) is 5.32 Å². The van der Waals surface area contributed by atoms with Gasteiger partial charge in [0.15, 0.2) is 5.92 Å². The first-order valence-electron chi connectivity index (χ1n) is 5.69. The summed E-state index contributed by atoms with van der Waals surface area (Å²) in [6.07, 6.45) is -10.8. The lowest BCUT2D eigenvalue weighted by molar-refractivity contribution is -0.292. The first kappa shape index (κ1) is 17.1. The fourth-order valence-corrected chi connectivity index (χ4v) is 2.01. The number of rotatable bonds is 4. The molecule has 0 heterocycles. The van der Waals surface area contributed by atoms with Gasteiger partial charge < -0.3 is 5.32 Å². The summed E-state index contributed by atoms with van der Waals surface area (Å²) in [6, 6.07) is 2.91. The Morgan fingerprint density at radius 2 is 1.45 bits per heavy atom. The van der Waals surface area contributed by atoms with E-state index in [0.717, 1.165) is 12.1 Å². The van der Waals surface area contributed by atoms with Crippen LogP contribution in [0.15, 0.2) is 24.3 Å². The second-order valence-electron chi connectivity index (χ2n) is 4.15. The molecule has 1 aromatic rings. The molecule has 1 unspecified atom stereocenters. The molecule has 8 heteroatoms. The van der Waals surface area contributed by atoms with E-state index in [1.54, 1.807) is 0 Å². The van der Waals surface area contributed by atoms with Crippen molar-refractivity contribution in [2.75, 3.05) is 6.54 Å². The first-order valence-corrected chi connectivity index (χ1v) is 6.07. The van der Waals surface area contributed by atoms with Crippen LogP contribution in [0, 0.1) is 5.92 Å². The lowest BCUT2D eigenvalue weighted by Gasteiger charge is -2.31. The molecule has 1 aromatic carbocycles. The molecule has 0 saturated heterocycles. The predicted octanol–water partition coefficient (Wildman–Crippen LogP) is 4.73. The van der Waals surface area contributed by atoms with Gasteiger partial charge in [-0.3, -0.25) is 0 Å². The molecule has 114 valence electrons. The largest absolute Gasteiger partial charge is 0.402 e. The molecule has 0 bridgehead atoms. The molecular weight excluding hydrogens is 308 g/mol. The maximum atomic E-state index is 12.8. The van der Waals surface area contributed by atoms with E-state index in [1.165, 1.54) is 19.1 Å². The maximum absolute atomic E-state index is 12.8. The van der Waals surface area contributed by atoms with Crippen LogP contribution in [-0.4, -0.2) is 18.9 Å². The summed E-state index contributed by atoms with van der Waals surface area (Å²) < 4.78 is 76.6. The summed E-state index contributed by atoms with van der Waals surface area (Å²) in [6.45, 7) is 1.41. The number of hydrogen-bond donors (Lipinski definition) is 1. The summed E-state index contributed by atoms with van der Waals surface area (Å²) in [7, 11) is 0. The molecule has 0 amide bonds. The van der Waals surface area contributed by atoms with E-state index in [-0.39, 0.29) is 17.1 Å². The third kappa shape index (κ3) is 4.28. The van der Waals surface area contributed by atoms with Gasteiger partial charge in [0.05, 0.1) is 6.04 Å². The molecule has 0 saturated carbocycles. The molecule has 0 aliphatic carbocycles. The number of nitrogens with one attached hydrogen (secondary N) is 1. The summed E-state index contributed by atoms with van der Waals surface area (Å²) >= 11 is 5.59. The lowest BCUT2D eigenvalue weighted by Crippen LogP contribution is -2.45. The molecule has 0 aromatic heterocycles. The molecule has 0 aliphatic heterocycles. The quantitative estimate of drug-likeness (QED) is 0.791. The minimum Gasteiger partial charge on any atom is -0.309 e. The minimum absolute atomic E-state index is 0.0318. The minimum atomic E-state index is -5.40. The maximum Gasteiger partial charge on any atom is 0.402 e. The van der Waals surface area contributed by atoms with Gasteiger partial charge in [-0.1, -0.05) is 30.7 Å². The Balaban J connectivity index is 3.24. The smallest absolute Gasteiger partial charge is 0.309 e. The van der Waals surface area contributed by atoms with Gasteiger partial charge in [-0.15, -0.1) is 0 Å². The van der Waals surface area contributed by atoms with Crippen molar-refractivity contribution >= 4 is 11.6 Å². The number of alkyl halides is 6. The van der Waals surface area contributed by atoms with Gasteiger partial charge >= 0.3 is 12.4 Å². The lowest BCUT2D eigenvalue weighted by atomic mass is 9.91. The van der Waals surface area contributed by atoms with E-state index in [4.69, 9.17) is 11.6 Å². The van der Waals surface area contributed by atoms with Crippen molar-refractivity contribution in [3.8, 4) is 0 Å². The monoisotopic (exact) mass is 319 g/mol. The Bertz CT molecular complexity index is 411. The third-order valence-corrected chi connectivity index (χ3v) is 2.94. The average Bonchev–Trinajstić information content (AvgIpc) is 2.25. The summed E-state index contributed by atoms with van der Waals surface area (Å²) in [5, 5.41) is 2.48. The molecule has 20 heavy (non-hydrogen) atoms. The predicted molar refractivity (Wildman–Crippen MR) is 63.5 cm³/mol. The van der Waals surface area contributed by atoms with Gasteiger partial charge in [-0.25, -0.2) is 0 Å². The van der Waals surface area contributed by atoms with E-state index in [1.807, 2.05) is 0 Å². The van der Waals surface area contributed by atoms with Crippen LogP contribution < -0.4 is 5.32 Å². The van der Waals surface area contributed by atoms with Crippen molar-refractivity contribution < 1.29 is 26.3 Å². The molecule has 0 radical (unpaired) electrons. The fourth-order valence-electron chi connectivity index (χ4n) is 1.88. The van der Waals surface area contributed by atoms with E-state index >= 15 is 0 Å². The normalized spacial score (nSPS) is 14.7. The zero-order chi connectivity index (χ0) is 15.6. The SMILES string of the molecule is CCNC(c1ccc(Cl)cc1)C(C(F)(F)F)C(F)(F)F. The third-order valence-electron chi connectivity index (χ3n) is 2.69. The van der Waals surface area contributed by atoms with Gasteiger partial charge in [-0.05, 0) is 24.2 Å². The Morgan fingerprint density at radius 1 is 1.00 bits per heavy atom. The van der Waals surface area contributed by atoms with Crippen LogP contribution in [0.2, 0.25) is 5.02 Å². The highest BCUT2D eigenvalue weighted by atomic mass is 35.5. The van der Waals surface area contributed by atoms with E-state index in [0.29, 0.717) is 0 Å². The zero-order valence-electron chi connectivity index (χ0n) is 10.3. The van der Waals surface area contributed by atoms with Gasteiger partial charge in [0.2, 0.25) is 0 Å². The molecule has 1 atom stereocenters. The van der Waals surface area contributed by atoms with Crippen LogP contribution in [-0.2, 0) is 0 Å². The van der Waals surface area contributed by atoms with Crippen molar-refractivity contribution in [1.82, 2.24) is 5.32 Å². The average molecular weight is 320 g/mol. The Labute approximate surface area is 116 Å². The topological polar surface area (TPSA) is 12.0 Å². The highest BCUT2D eigenvalue weighted by Gasteiger charge is 2.60. The summed E-state index contributed by atoms with van der Waals surface area (Å²) in [5.74, 6) is -3.48. The van der Waals surface area contributed by atoms with Crippen LogP contribution in [0.3, 0.4) is 0 Å². The molecule has 0 spiro atoms. The molecule has 0 aliphatic rings. The van der Waals surface area contributed by atoms with Gasteiger partial charge in [0, 0.05) is 5.02 Å². The number of benzene rings is 1. The fraction of sp³-hybridized carbons (Fsp3) is 0.500. The second-order valence-corrected chi connectivity index (χ2v) is 4.58. The number of hydrogen-bond acceptors (Lipinski definition) is 1. The van der Waals surface area contributed by atoms with Crippen molar-refractivity contribution in [3.63, 3.8) is 0 Å². The van der Waals surface area contributed by atoms with Crippen LogP contribution in [0.5, 0.6) is 0 Å². The number of halogens is 7. The summed E-state index contributed by atoms with van der Waals surface area (Å²) in [4.78, 5) is 0. The van der Waals surface area contributed by atoms with Crippen molar-refractivity contribution in [3.05, 3.63) is 34.9 Å². The van der Waals surface area contributed by atoms with E-state index < -0.39 is 24.3 Å². The second kappa shape index (κ2) is 6.22. The molecule has 1 N–H and O–H groups in total. The van der Waals surface area contributed by atoms with Gasteiger partial charge in [0.25, 0.3) is 0 Å². The Hall–Kier alpha value is -0.950. The Kier molecular flexibility index (Phi) is 5.32. The standard InChI is InChI=1S/C12H12ClF6N/c1-2-20-9(7-3-5-8(13)6-4-7)10(11(14,15)16)12(17,18)19/h3-6,9-10,20H,2H2,1H3. The molecule has 0 fully saturated rings. The first-order chi connectivity index (χ1) is 9.07. The van der Waals surface area contributed by atoms with Crippen molar-refractivity contribution in [2.45, 2.75) is 25.3 Å². The van der Waals surface area contributed by atoms with Crippen LogP contribution in [0.1, 0.15) is 18.5 Å². The van der Waals surface area contributed by atoms with Crippen LogP contribution >= 0.6 is 11.6 Å². The zero-order valence-corrected chi connectivity index (χ0v) is 11.1. The Morgan fingerprint density at radius 3 is 1.80 bits per heavy atom. The van der Waals surface area contributed by atoms with Crippen LogP contribution in [0.25, 0.3) is 0 Å². The van der Waals surface area contributed by atoms with Crippen LogP contribution in [0.4, 0.5) is 26.3 Å². The summed E-state index contributed by atoms with van der Waals surface area (Å²) in [5.41, 5.74) is -0.115. The molecular formula is C12H12ClF6N. The van der Waals surface area contributed by atoms with E-state index in [9.17, 15) is 26.3 Å². The van der Waals surface area contributed by atoms with Crippen molar-refractivity contribution in [2.24, 2.45) is 5.92 Å². The highest BCUT2D eigenvalue weighted by molar-refractivity contribution is 6.30. The molecule has 1 rings (SSSR count). The van der Waals surface area contributed by atoms with Gasteiger partial charge in [0.1, 0.15) is 0 Å². The molecule has 1 nitrogen and oxygen atoms in total.